The average molecular weight is 266 g/mol. The van der Waals surface area contributed by atoms with Crippen molar-refractivity contribution in [3.8, 4) is 0 Å². The molecule has 0 aromatic heterocycles. The third-order valence-electron chi connectivity index (χ3n) is 0.766. The number of rotatable bonds is 2. The molecule has 0 aliphatic heterocycles. The lowest BCUT2D eigenvalue weighted by molar-refractivity contribution is 0.0885. The van der Waals surface area contributed by atoms with Crippen LogP contribution >= 0.6 is 58.0 Å². The molecule has 0 N–H and O–H groups in total. The fraction of sp³-hybridized carbons (Fsp3) is 1.00. The lowest BCUT2D eigenvalue weighted by atomic mass is 10.3. The Bertz CT molecular complexity index is 125. The van der Waals surface area contributed by atoms with Gasteiger partial charge in [0, 0.05) is 6.42 Å². The molecular weight excluding hydrogens is 263 g/mol. The molecule has 0 aromatic rings. The minimum absolute atomic E-state index is 0.504. The van der Waals surface area contributed by atoms with E-state index in [0.717, 1.165) is 0 Å². The molecule has 11 heavy (non-hydrogen) atoms. The highest BCUT2D eigenvalue weighted by Gasteiger charge is 2.40. The maximum Gasteiger partial charge on any atom is 0.337 e. The number of hydrogen-bond donors (Lipinski definition) is 0. The van der Waals surface area contributed by atoms with Crippen molar-refractivity contribution in [2.45, 2.75) is 21.0 Å². The minimum atomic E-state index is -3.55. The first-order valence-corrected chi connectivity index (χ1v) is 4.35. The summed E-state index contributed by atoms with van der Waals surface area (Å²) in [5, 5.41) is -5.23. The van der Waals surface area contributed by atoms with E-state index in [1.54, 1.807) is 0 Å². The molecule has 0 aliphatic carbocycles. The van der Waals surface area contributed by atoms with Gasteiger partial charge in [-0.3, -0.25) is 0 Å². The molecule has 0 nitrogen and oxygen atoms in total. The summed E-state index contributed by atoms with van der Waals surface area (Å²) in [6, 6.07) is 0. The molecule has 0 fully saturated rings. The highest BCUT2D eigenvalue weighted by atomic mass is 35.6. The summed E-state index contributed by atoms with van der Waals surface area (Å²) in [5.74, 6) is 0. The zero-order valence-electron chi connectivity index (χ0n) is 4.93. The van der Waals surface area contributed by atoms with Crippen molar-refractivity contribution in [2.24, 2.45) is 0 Å². The molecule has 0 aromatic carbocycles. The van der Waals surface area contributed by atoms with Gasteiger partial charge in [-0.25, -0.2) is 0 Å². The second-order valence-electron chi connectivity index (χ2n) is 1.83. The van der Waals surface area contributed by atoms with E-state index < -0.39 is 21.0 Å². The number of halogens is 7. The Morgan fingerprint density at radius 2 is 1.45 bits per heavy atom. The van der Waals surface area contributed by atoms with Crippen molar-refractivity contribution in [3.63, 3.8) is 0 Å². The van der Waals surface area contributed by atoms with Crippen LogP contribution in [0.4, 0.5) is 8.78 Å². The first-order valence-electron chi connectivity index (χ1n) is 2.40. The second kappa shape index (κ2) is 4.01. The van der Waals surface area contributed by atoms with Crippen LogP contribution in [-0.2, 0) is 0 Å². The van der Waals surface area contributed by atoms with Gasteiger partial charge in [-0.15, -0.1) is 11.6 Å². The van der Waals surface area contributed by atoms with E-state index in [2.05, 4.69) is 11.6 Å². The van der Waals surface area contributed by atoms with Crippen molar-refractivity contribution in [1.29, 1.82) is 0 Å². The highest BCUT2D eigenvalue weighted by molar-refractivity contribution is 6.67. The summed E-state index contributed by atoms with van der Waals surface area (Å²) in [6.45, 7) is 0. The van der Waals surface area contributed by atoms with Crippen LogP contribution in [0, 0.1) is 0 Å². The van der Waals surface area contributed by atoms with Crippen LogP contribution in [0.15, 0.2) is 0 Å². The van der Waals surface area contributed by atoms with Gasteiger partial charge in [0.1, 0.15) is 5.38 Å². The van der Waals surface area contributed by atoms with Crippen LogP contribution in [-0.4, -0.2) is 14.6 Å². The molecule has 0 radical (unpaired) electrons. The average Bonchev–Trinajstić information content (AvgIpc) is 1.56. The summed E-state index contributed by atoms with van der Waals surface area (Å²) in [4.78, 5) is 0. The fourth-order valence-corrected chi connectivity index (χ4v) is 1.33. The van der Waals surface area contributed by atoms with E-state index in [-0.39, 0.29) is 0 Å². The monoisotopic (exact) mass is 264 g/mol. The van der Waals surface area contributed by atoms with Crippen molar-refractivity contribution in [1.82, 2.24) is 0 Å². The molecule has 0 spiro atoms. The Balaban J connectivity index is 3.99. The van der Waals surface area contributed by atoms with Gasteiger partial charge in [0.05, 0.1) is 0 Å². The molecule has 0 heterocycles. The molecule has 7 heteroatoms. The predicted octanol–water partition coefficient (Wildman–Crippen LogP) is 4.19. The van der Waals surface area contributed by atoms with Crippen molar-refractivity contribution in [3.05, 3.63) is 0 Å². The highest BCUT2D eigenvalue weighted by Crippen LogP contribution is 2.39. The first kappa shape index (κ1) is 12.3. The van der Waals surface area contributed by atoms with Crippen LogP contribution in [0.25, 0.3) is 0 Å². The van der Waals surface area contributed by atoms with E-state index in [1.165, 1.54) is 0 Å². The lowest BCUT2D eigenvalue weighted by Gasteiger charge is -2.18. The van der Waals surface area contributed by atoms with Crippen LogP contribution in [0.1, 0.15) is 6.42 Å². The predicted molar refractivity (Wildman–Crippen MR) is 45.3 cm³/mol. The van der Waals surface area contributed by atoms with Gasteiger partial charge in [-0.05, 0) is 11.6 Å². The fourth-order valence-electron chi connectivity index (χ4n) is 0.319. The smallest absolute Gasteiger partial charge is 0.187 e. The minimum Gasteiger partial charge on any atom is -0.187 e. The second-order valence-corrected chi connectivity index (χ2v) is 5.38. The van der Waals surface area contributed by atoms with Crippen molar-refractivity contribution >= 4 is 58.0 Å². The SMILES string of the molecule is FC(F)(Cl)C(Cl)CC(Cl)(Cl)Cl. The maximum atomic E-state index is 12.1. The van der Waals surface area contributed by atoms with Crippen LogP contribution in [0.3, 0.4) is 0 Å². The summed E-state index contributed by atoms with van der Waals surface area (Å²) in [6.07, 6.45) is -0.504. The van der Waals surface area contributed by atoms with Gasteiger partial charge in [-0.2, -0.15) is 8.78 Å². The van der Waals surface area contributed by atoms with Gasteiger partial charge in [0.15, 0.2) is 3.79 Å². The Labute approximate surface area is 87.7 Å². The van der Waals surface area contributed by atoms with E-state index in [0.29, 0.717) is 0 Å². The zero-order chi connectivity index (χ0) is 9.28. The molecule has 0 bridgehead atoms. The molecule has 0 rings (SSSR count). The van der Waals surface area contributed by atoms with Crippen LogP contribution in [0.2, 0.25) is 0 Å². The van der Waals surface area contributed by atoms with E-state index >= 15 is 0 Å². The van der Waals surface area contributed by atoms with Crippen LogP contribution < -0.4 is 0 Å². The summed E-state index contributed by atoms with van der Waals surface area (Å²) in [7, 11) is 0. The molecule has 1 unspecified atom stereocenters. The van der Waals surface area contributed by atoms with Gasteiger partial charge in [-0.1, -0.05) is 34.8 Å². The van der Waals surface area contributed by atoms with Crippen LogP contribution in [0.5, 0.6) is 0 Å². The zero-order valence-corrected chi connectivity index (χ0v) is 8.71. The maximum absolute atomic E-state index is 12.1. The normalized spacial score (nSPS) is 16.6. The van der Waals surface area contributed by atoms with E-state index in [9.17, 15) is 8.78 Å². The van der Waals surface area contributed by atoms with Gasteiger partial charge in [0.25, 0.3) is 0 Å². The molecule has 1 atom stereocenters. The summed E-state index contributed by atoms with van der Waals surface area (Å²) in [5.41, 5.74) is 0. The standard InChI is InChI=1S/C4H3Cl5F2/c5-2(4(9,10)11)1-3(6,7)8/h2H,1H2. The molecular formula is C4H3Cl5F2. The molecule has 68 valence electrons. The molecule has 0 saturated carbocycles. The summed E-state index contributed by atoms with van der Waals surface area (Å²) < 4.78 is 22.4. The number of alkyl halides is 7. The third kappa shape index (κ3) is 6.47. The molecule has 0 saturated heterocycles. The quantitative estimate of drug-likeness (QED) is 0.658. The van der Waals surface area contributed by atoms with Gasteiger partial charge in [0.2, 0.25) is 0 Å². The largest absolute Gasteiger partial charge is 0.337 e. The molecule has 0 aliphatic rings. The van der Waals surface area contributed by atoms with Gasteiger partial charge < -0.3 is 0 Å². The first-order chi connectivity index (χ1) is 4.63. The topological polar surface area (TPSA) is 0 Å². The summed E-state index contributed by atoms with van der Waals surface area (Å²) >= 11 is 25.2. The van der Waals surface area contributed by atoms with Crippen molar-refractivity contribution < 1.29 is 8.78 Å². The Kier molecular flexibility index (Phi) is 4.49. The lowest BCUT2D eigenvalue weighted by Crippen LogP contribution is -2.26. The Hall–Kier alpha value is 1.31. The molecule has 0 amide bonds. The third-order valence-corrected chi connectivity index (χ3v) is 2.03. The van der Waals surface area contributed by atoms with E-state index in [4.69, 9.17) is 46.4 Å². The Morgan fingerprint density at radius 3 is 1.55 bits per heavy atom. The van der Waals surface area contributed by atoms with E-state index in [1.807, 2.05) is 0 Å². The Morgan fingerprint density at radius 1 is 1.09 bits per heavy atom. The van der Waals surface area contributed by atoms with Gasteiger partial charge >= 0.3 is 5.38 Å². The number of hydrogen-bond acceptors (Lipinski definition) is 0. The van der Waals surface area contributed by atoms with Crippen molar-refractivity contribution in [2.75, 3.05) is 0 Å².